The SMILES string of the molecule is Cc1cnc(Cl)c(NCC2CCOCC2)c1. The second-order valence-corrected chi connectivity index (χ2v) is 4.65. The molecule has 0 spiro atoms. The van der Waals surface area contributed by atoms with Crippen LogP contribution in [0.5, 0.6) is 0 Å². The Hall–Kier alpha value is -0.800. The lowest BCUT2D eigenvalue weighted by Crippen LogP contribution is -2.22. The fraction of sp³-hybridized carbons (Fsp3) is 0.583. The molecule has 2 heterocycles. The molecule has 1 aliphatic rings. The van der Waals surface area contributed by atoms with Crippen LogP contribution in [0.2, 0.25) is 5.15 Å². The quantitative estimate of drug-likeness (QED) is 0.825. The van der Waals surface area contributed by atoms with E-state index in [-0.39, 0.29) is 0 Å². The van der Waals surface area contributed by atoms with E-state index in [1.54, 1.807) is 6.20 Å². The Bertz CT molecular complexity index is 351. The molecule has 16 heavy (non-hydrogen) atoms. The Labute approximate surface area is 101 Å². The number of rotatable bonds is 3. The lowest BCUT2D eigenvalue weighted by atomic mass is 10.0. The average Bonchev–Trinajstić information content (AvgIpc) is 2.32. The minimum Gasteiger partial charge on any atom is -0.382 e. The summed E-state index contributed by atoms with van der Waals surface area (Å²) in [6, 6.07) is 2.04. The number of anilines is 1. The minimum absolute atomic E-state index is 0.553. The molecule has 0 unspecified atom stereocenters. The lowest BCUT2D eigenvalue weighted by Gasteiger charge is -2.22. The van der Waals surface area contributed by atoms with Crippen molar-refractivity contribution in [1.82, 2.24) is 4.98 Å². The number of nitrogens with one attached hydrogen (secondary N) is 1. The van der Waals surface area contributed by atoms with Crippen molar-refractivity contribution in [1.29, 1.82) is 0 Å². The predicted octanol–water partition coefficient (Wildman–Crippen LogP) is 2.88. The number of ether oxygens (including phenoxy) is 1. The van der Waals surface area contributed by atoms with Crippen LogP contribution in [0.3, 0.4) is 0 Å². The van der Waals surface area contributed by atoms with Crippen LogP contribution in [0.25, 0.3) is 0 Å². The van der Waals surface area contributed by atoms with Crippen molar-refractivity contribution in [3.63, 3.8) is 0 Å². The van der Waals surface area contributed by atoms with E-state index >= 15 is 0 Å². The molecule has 0 aromatic carbocycles. The van der Waals surface area contributed by atoms with Gasteiger partial charge in [-0.05, 0) is 37.3 Å². The normalized spacial score (nSPS) is 17.4. The Balaban J connectivity index is 1.90. The van der Waals surface area contributed by atoms with Gasteiger partial charge in [0.25, 0.3) is 0 Å². The summed E-state index contributed by atoms with van der Waals surface area (Å²) in [6.07, 6.45) is 4.04. The summed E-state index contributed by atoms with van der Waals surface area (Å²) in [6.45, 7) is 4.73. The highest BCUT2D eigenvalue weighted by Gasteiger charge is 2.13. The minimum atomic E-state index is 0.553. The van der Waals surface area contributed by atoms with Gasteiger partial charge in [-0.1, -0.05) is 11.6 Å². The van der Waals surface area contributed by atoms with Crippen LogP contribution < -0.4 is 5.32 Å². The first kappa shape index (κ1) is 11.7. The van der Waals surface area contributed by atoms with Crippen LogP contribution in [-0.2, 0) is 4.74 Å². The lowest BCUT2D eigenvalue weighted by molar-refractivity contribution is 0.0699. The van der Waals surface area contributed by atoms with Crippen LogP contribution in [0, 0.1) is 12.8 Å². The number of pyridine rings is 1. The Morgan fingerprint density at radius 1 is 1.50 bits per heavy atom. The number of aromatic nitrogens is 1. The van der Waals surface area contributed by atoms with Gasteiger partial charge in [0.05, 0.1) is 5.69 Å². The maximum atomic E-state index is 6.02. The van der Waals surface area contributed by atoms with Gasteiger partial charge in [-0.15, -0.1) is 0 Å². The van der Waals surface area contributed by atoms with Crippen molar-refractivity contribution in [3.05, 3.63) is 23.0 Å². The van der Waals surface area contributed by atoms with E-state index in [0.717, 1.165) is 43.9 Å². The third-order valence-electron chi connectivity index (χ3n) is 2.90. The fourth-order valence-electron chi connectivity index (χ4n) is 1.88. The molecular formula is C12H17ClN2O. The Kier molecular flexibility index (Phi) is 4.02. The monoisotopic (exact) mass is 240 g/mol. The van der Waals surface area contributed by atoms with Crippen LogP contribution in [0.1, 0.15) is 18.4 Å². The first-order valence-corrected chi connectivity index (χ1v) is 6.07. The fourth-order valence-corrected chi connectivity index (χ4v) is 2.05. The molecule has 0 radical (unpaired) electrons. The molecule has 1 N–H and O–H groups in total. The summed E-state index contributed by atoms with van der Waals surface area (Å²) in [5.74, 6) is 0.685. The standard InChI is InChI=1S/C12H17ClN2O/c1-9-6-11(12(13)15-7-9)14-8-10-2-4-16-5-3-10/h6-7,10,14H,2-5,8H2,1H3. The van der Waals surface area contributed by atoms with Crippen molar-refractivity contribution in [2.75, 3.05) is 25.1 Å². The number of nitrogens with zero attached hydrogens (tertiary/aromatic N) is 1. The zero-order chi connectivity index (χ0) is 11.4. The van der Waals surface area contributed by atoms with E-state index in [9.17, 15) is 0 Å². The highest BCUT2D eigenvalue weighted by Crippen LogP contribution is 2.22. The molecule has 88 valence electrons. The molecule has 2 rings (SSSR count). The van der Waals surface area contributed by atoms with Gasteiger partial charge in [0.1, 0.15) is 0 Å². The highest BCUT2D eigenvalue weighted by molar-refractivity contribution is 6.31. The largest absolute Gasteiger partial charge is 0.382 e. The van der Waals surface area contributed by atoms with Gasteiger partial charge in [0, 0.05) is 26.0 Å². The molecular weight excluding hydrogens is 224 g/mol. The van der Waals surface area contributed by atoms with Crippen LogP contribution in [-0.4, -0.2) is 24.7 Å². The summed E-state index contributed by atoms with van der Waals surface area (Å²) in [7, 11) is 0. The maximum absolute atomic E-state index is 6.02. The first-order chi connectivity index (χ1) is 7.75. The van der Waals surface area contributed by atoms with Gasteiger partial charge in [0.2, 0.25) is 0 Å². The summed E-state index contributed by atoms with van der Waals surface area (Å²) in [5, 5.41) is 3.93. The summed E-state index contributed by atoms with van der Waals surface area (Å²) >= 11 is 6.02. The molecule has 0 bridgehead atoms. The number of halogens is 1. The van der Waals surface area contributed by atoms with Gasteiger partial charge in [-0.3, -0.25) is 0 Å². The van der Waals surface area contributed by atoms with Crippen LogP contribution >= 0.6 is 11.6 Å². The molecule has 0 aliphatic carbocycles. The molecule has 1 fully saturated rings. The topological polar surface area (TPSA) is 34.2 Å². The van der Waals surface area contributed by atoms with E-state index in [1.165, 1.54) is 0 Å². The average molecular weight is 241 g/mol. The van der Waals surface area contributed by atoms with Gasteiger partial charge in [-0.2, -0.15) is 0 Å². The summed E-state index contributed by atoms with van der Waals surface area (Å²) < 4.78 is 5.33. The van der Waals surface area contributed by atoms with Crippen molar-refractivity contribution >= 4 is 17.3 Å². The number of hydrogen-bond donors (Lipinski definition) is 1. The molecule has 1 aliphatic heterocycles. The molecule has 3 nitrogen and oxygen atoms in total. The van der Waals surface area contributed by atoms with Crippen LogP contribution in [0.4, 0.5) is 5.69 Å². The van der Waals surface area contributed by atoms with Crippen molar-refractivity contribution in [3.8, 4) is 0 Å². The maximum Gasteiger partial charge on any atom is 0.152 e. The molecule has 1 aromatic heterocycles. The van der Waals surface area contributed by atoms with E-state index < -0.39 is 0 Å². The highest BCUT2D eigenvalue weighted by atomic mass is 35.5. The molecule has 1 saturated heterocycles. The molecule has 0 amide bonds. The first-order valence-electron chi connectivity index (χ1n) is 5.69. The second-order valence-electron chi connectivity index (χ2n) is 4.29. The number of aryl methyl sites for hydroxylation is 1. The van der Waals surface area contributed by atoms with Gasteiger partial charge in [-0.25, -0.2) is 4.98 Å². The molecule has 0 saturated carbocycles. The molecule has 1 aromatic rings. The van der Waals surface area contributed by atoms with E-state index in [4.69, 9.17) is 16.3 Å². The third-order valence-corrected chi connectivity index (χ3v) is 3.20. The van der Waals surface area contributed by atoms with E-state index in [2.05, 4.69) is 10.3 Å². The second kappa shape index (κ2) is 5.51. The zero-order valence-electron chi connectivity index (χ0n) is 9.50. The smallest absolute Gasteiger partial charge is 0.152 e. The third kappa shape index (κ3) is 3.09. The van der Waals surface area contributed by atoms with Crippen molar-refractivity contribution in [2.45, 2.75) is 19.8 Å². The van der Waals surface area contributed by atoms with Gasteiger partial charge < -0.3 is 10.1 Å². The van der Waals surface area contributed by atoms with Gasteiger partial charge >= 0.3 is 0 Å². The van der Waals surface area contributed by atoms with Crippen LogP contribution in [0.15, 0.2) is 12.3 Å². The summed E-state index contributed by atoms with van der Waals surface area (Å²) in [5.41, 5.74) is 2.06. The van der Waals surface area contributed by atoms with E-state index in [0.29, 0.717) is 11.1 Å². The van der Waals surface area contributed by atoms with E-state index in [1.807, 2.05) is 13.0 Å². The molecule has 4 heteroatoms. The number of hydrogen-bond acceptors (Lipinski definition) is 3. The Morgan fingerprint density at radius 2 is 2.25 bits per heavy atom. The van der Waals surface area contributed by atoms with Gasteiger partial charge in [0.15, 0.2) is 5.15 Å². The molecule has 0 atom stereocenters. The van der Waals surface area contributed by atoms with Crippen molar-refractivity contribution in [2.24, 2.45) is 5.92 Å². The van der Waals surface area contributed by atoms with Crippen molar-refractivity contribution < 1.29 is 4.74 Å². The predicted molar refractivity (Wildman–Crippen MR) is 66.0 cm³/mol. The summed E-state index contributed by atoms with van der Waals surface area (Å²) in [4.78, 5) is 4.12. The zero-order valence-corrected chi connectivity index (χ0v) is 10.3. The Morgan fingerprint density at radius 3 is 3.00 bits per heavy atom.